The maximum Gasteiger partial charge on any atom is 0.313 e. The number of thioether (sulfide) groups is 1. The minimum atomic E-state index is -1.01. The number of carbonyl (C=O) groups is 2. The molecule has 1 aromatic heterocycles. The number of carbonyl (C=O) groups excluding carboxylic acids is 1. The molecule has 0 saturated heterocycles. The second-order valence-electron chi connectivity index (χ2n) is 3.88. The van der Waals surface area contributed by atoms with Crippen molar-refractivity contribution in [3.8, 4) is 0 Å². The summed E-state index contributed by atoms with van der Waals surface area (Å²) in [5.74, 6) is -2.26. The van der Waals surface area contributed by atoms with Crippen molar-refractivity contribution in [3.63, 3.8) is 0 Å². The maximum atomic E-state index is 13.6. The van der Waals surface area contributed by atoms with Crippen molar-refractivity contribution in [1.29, 1.82) is 0 Å². The Balaban J connectivity index is 2.54. The van der Waals surface area contributed by atoms with Crippen LogP contribution in [0.2, 0.25) is 0 Å². The Bertz CT molecular complexity index is 704. The highest BCUT2D eigenvalue weighted by atomic mass is 127. The fourth-order valence-corrected chi connectivity index (χ4v) is 2.83. The zero-order valence-corrected chi connectivity index (χ0v) is 12.9. The van der Waals surface area contributed by atoms with E-state index in [-0.39, 0.29) is 12.3 Å². The van der Waals surface area contributed by atoms with Crippen LogP contribution in [0.3, 0.4) is 0 Å². The molecule has 0 unspecified atom stereocenters. The van der Waals surface area contributed by atoms with Crippen molar-refractivity contribution in [1.82, 2.24) is 9.55 Å². The summed E-state index contributed by atoms with van der Waals surface area (Å²) in [5.41, 5.74) is 6.06. The van der Waals surface area contributed by atoms with Crippen molar-refractivity contribution in [2.24, 2.45) is 5.73 Å². The molecule has 1 amide bonds. The lowest BCUT2D eigenvalue weighted by molar-refractivity contribution is -0.133. The van der Waals surface area contributed by atoms with Gasteiger partial charge in [-0.3, -0.25) is 9.59 Å². The number of aliphatic carboxylic acids is 1. The zero-order valence-electron chi connectivity index (χ0n) is 9.97. The molecule has 1 aromatic carbocycles. The molecule has 0 atom stereocenters. The lowest BCUT2D eigenvalue weighted by Gasteiger charge is -2.05. The van der Waals surface area contributed by atoms with E-state index in [1.54, 1.807) is 0 Å². The molecular formula is C11H9FIN3O3S. The molecule has 0 aliphatic carbocycles. The number of carboxylic acid groups (broad SMARTS) is 1. The smallest absolute Gasteiger partial charge is 0.313 e. The van der Waals surface area contributed by atoms with Crippen LogP contribution >= 0.6 is 34.4 Å². The molecule has 106 valence electrons. The van der Waals surface area contributed by atoms with Gasteiger partial charge in [0, 0.05) is 6.07 Å². The first kappa shape index (κ1) is 15.0. The number of primary amides is 1. The van der Waals surface area contributed by atoms with E-state index >= 15 is 0 Å². The molecule has 6 nitrogen and oxygen atoms in total. The normalized spacial score (nSPS) is 10.9. The van der Waals surface area contributed by atoms with Gasteiger partial charge in [0.15, 0.2) is 5.16 Å². The SMILES string of the molecule is NC(=O)Cn1c(SCC(=O)O)nc2cc(I)c(F)cc21. The molecule has 2 rings (SSSR count). The predicted molar refractivity (Wildman–Crippen MR) is 80.0 cm³/mol. The van der Waals surface area contributed by atoms with E-state index in [1.807, 2.05) is 22.6 Å². The van der Waals surface area contributed by atoms with E-state index in [4.69, 9.17) is 10.8 Å². The number of nitrogens with two attached hydrogens (primary N) is 1. The number of aromatic nitrogens is 2. The Labute approximate surface area is 130 Å². The second-order valence-corrected chi connectivity index (χ2v) is 5.99. The molecule has 1 heterocycles. The molecular weight excluding hydrogens is 400 g/mol. The van der Waals surface area contributed by atoms with Crippen molar-refractivity contribution < 1.29 is 19.1 Å². The zero-order chi connectivity index (χ0) is 14.9. The van der Waals surface area contributed by atoms with Crippen LogP contribution < -0.4 is 5.73 Å². The van der Waals surface area contributed by atoms with Crippen LogP contribution in [0.1, 0.15) is 0 Å². The summed E-state index contributed by atoms with van der Waals surface area (Å²) < 4.78 is 15.4. The third-order valence-electron chi connectivity index (χ3n) is 2.39. The van der Waals surface area contributed by atoms with Gasteiger partial charge < -0.3 is 15.4 Å². The number of carboxylic acids is 1. The van der Waals surface area contributed by atoms with Gasteiger partial charge in [-0.05, 0) is 28.7 Å². The standard InChI is InChI=1S/C11H9FIN3O3S/c12-5-1-8-7(2-6(5)13)15-11(20-4-10(18)19)16(8)3-9(14)17/h1-2H,3-4H2,(H2,14,17)(H,18,19). The van der Waals surface area contributed by atoms with E-state index < -0.39 is 17.7 Å². The number of hydrogen-bond donors (Lipinski definition) is 2. The Morgan fingerprint density at radius 3 is 2.80 bits per heavy atom. The van der Waals surface area contributed by atoms with E-state index in [1.165, 1.54) is 16.7 Å². The van der Waals surface area contributed by atoms with Gasteiger partial charge in [0.05, 0.1) is 20.4 Å². The Morgan fingerprint density at radius 2 is 2.20 bits per heavy atom. The van der Waals surface area contributed by atoms with Gasteiger partial charge in [-0.1, -0.05) is 11.8 Å². The lowest BCUT2D eigenvalue weighted by Crippen LogP contribution is -2.19. The van der Waals surface area contributed by atoms with Crippen LogP contribution in [-0.2, 0) is 16.1 Å². The van der Waals surface area contributed by atoms with Crippen LogP contribution in [0.15, 0.2) is 17.3 Å². The summed E-state index contributed by atoms with van der Waals surface area (Å²) in [7, 11) is 0. The summed E-state index contributed by atoms with van der Waals surface area (Å²) in [6.45, 7) is -0.182. The van der Waals surface area contributed by atoms with Gasteiger partial charge in [-0.2, -0.15) is 0 Å². The minimum Gasteiger partial charge on any atom is -0.481 e. The first-order chi connectivity index (χ1) is 9.38. The number of halogens is 2. The Hall–Kier alpha value is -1.36. The molecule has 0 aliphatic rings. The monoisotopic (exact) mass is 409 g/mol. The van der Waals surface area contributed by atoms with Gasteiger partial charge in [-0.15, -0.1) is 0 Å². The maximum absolute atomic E-state index is 13.6. The molecule has 0 fully saturated rings. The number of imidazole rings is 1. The summed E-state index contributed by atoms with van der Waals surface area (Å²) in [4.78, 5) is 25.9. The van der Waals surface area contributed by atoms with Crippen LogP contribution in [0, 0.1) is 9.39 Å². The summed E-state index contributed by atoms with van der Waals surface area (Å²) >= 11 is 2.79. The molecule has 0 saturated carbocycles. The summed E-state index contributed by atoms with van der Waals surface area (Å²) in [5, 5.41) is 9.02. The van der Waals surface area contributed by atoms with Crippen LogP contribution in [0.25, 0.3) is 11.0 Å². The van der Waals surface area contributed by atoms with Crippen molar-refractivity contribution in [2.45, 2.75) is 11.7 Å². The average molecular weight is 409 g/mol. The molecule has 0 radical (unpaired) electrons. The molecule has 20 heavy (non-hydrogen) atoms. The third-order valence-corrected chi connectivity index (χ3v) is 4.18. The molecule has 9 heteroatoms. The number of hydrogen-bond acceptors (Lipinski definition) is 4. The predicted octanol–water partition coefficient (Wildman–Crippen LogP) is 1.44. The highest BCUT2D eigenvalue weighted by Crippen LogP contribution is 2.26. The minimum absolute atomic E-state index is 0.182. The number of benzene rings is 1. The van der Waals surface area contributed by atoms with Crippen LogP contribution in [-0.4, -0.2) is 32.3 Å². The first-order valence-corrected chi connectivity index (χ1v) is 7.43. The van der Waals surface area contributed by atoms with E-state index in [0.29, 0.717) is 19.8 Å². The molecule has 0 bridgehead atoms. The van der Waals surface area contributed by atoms with Gasteiger partial charge >= 0.3 is 5.97 Å². The van der Waals surface area contributed by atoms with E-state index in [0.717, 1.165) is 11.8 Å². The van der Waals surface area contributed by atoms with Crippen molar-refractivity contribution >= 4 is 57.3 Å². The van der Waals surface area contributed by atoms with Crippen molar-refractivity contribution in [3.05, 3.63) is 21.5 Å². The fourth-order valence-electron chi connectivity index (χ4n) is 1.64. The fraction of sp³-hybridized carbons (Fsp3) is 0.182. The largest absolute Gasteiger partial charge is 0.481 e. The molecule has 0 aliphatic heterocycles. The van der Waals surface area contributed by atoms with Crippen LogP contribution in [0.4, 0.5) is 4.39 Å². The highest BCUT2D eigenvalue weighted by Gasteiger charge is 2.16. The number of fused-ring (bicyclic) bond motifs is 1. The Kier molecular flexibility index (Phi) is 4.48. The van der Waals surface area contributed by atoms with Gasteiger partial charge in [0.1, 0.15) is 12.4 Å². The highest BCUT2D eigenvalue weighted by molar-refractivity contribution is 14.1. The quantitative estimate of drug-likeness (QED) is 0.576. The second kappa shape index (κ2) is 5.95. The molecule has 3 N–H and O–H groups in total. The summed E-state index contributed by atoms with van der Waals surface area (Å²) in [6.07, 6.45) is 0. The van der Waals surface area contributed by atoms with Crippen molar-refractivity contribution in [2.75, 3.05) is 5.75 Å². The first-order valence-electron chi connectivity index (χ1n) is 5.36. The number of nitrogens with zero attached hydrogens (tertiary/aromatic N) is 2. The van der Waals surface area contributed by atoms with E-state index in [9.17, 15) is 14.0 Å². The summed E-state index contributed by atoms with van der Waals surface area (Å²) in [6, 6.07) is 2.80. The van der Waals surface area contributed by atoms with E-state index in [2.05, 4.69) is 4.98 Å². The van der Waals surface area contributed by atoms with Gasteiger partial charge in [-0.25, -0.2) is 9.37 Å². The van der Waals surface area contributed by atoms with Gasteiger partial charge in [0.25, 0.3) is 0 Å². The Morgan fingerprint density at radius 1 is 1.50 bits per heavy atom. The molecule has 0 spiro atoms. The number of amides is 1. The lowest BCUT2D eigenvalue weighted by atomic mass is 10.3. The average Bonchev–Trinajstić information content (AvgIpc) is 2.65. The third kappa shape index (κ3) is 3.20. The number of rotatable bonds is 5. The molecule has 2 aromatic rings. The van der Waals surface area contributed by atoms with Gasteiger partial charge in [0.2, 0.25) is 5.91 Å². The topological polar surface area (TPSA) is 98.2 Å². The van der Waals surface area contributed by atoms with Crippen LogP contribution in [0.5, 0.6) is 0 Å².